The third kappa shape index (κ3) is 2.00. The molecular weight excluding hydrogens is 124 g/mol. The number of hydrogen-bond donors (Lipinski definition) is 1. The van der Waals surface area contributed by atoms with Crippen LogP contribution in [0.25, 0.3) is 0 Å². The zero-order chi connectivity index (χ0) is 7.40. The highest BCUT2D eigenvalue weighted by Gasteiger charge is 2.17. The fraction of sp³-hybridized carbons (Fsp3) is 0.875. The lowest BCUT2D eigenvalue weighted by molar-refractivity contribution is 0.480. The summed E-state index contributed by atoms with van der Waals surface area (Å²) in [5.41, 5.74) is 5.49. The van der Waals surface area contributed by atoms with E-state index < -0.39 is 0 Å². The van der Waals surface area contributed by atoms with E-state index in [1.807, 2.05) is 0 Å². The van der Waals surface area contributed by atoms with E-state index in [0.717, 1.165) is 12.3 Å². The monoisotopic (exact) mass is 138 g/mol. The van der Waals surface area contributed by atoms with Crippen LogP contribution in [0.5, 0.6) is 0 Å². The fourth-order valence-corrected chi connectivity index (χ4v) is 1.66. The third-order valence-electron chi connectivity index (χ3n) is 2.23. The predicted octanol–water partition coefficient (Wildman–Crippen LogP) is 1.42. The number of nitriles is 1. The van der Waals surface area contributed by atoms with Crippen LogP contribution in [-0.4, -0.2) is 6.04 Å². The average molecular weight is 138 g/mol. The van der Waals surface area contributed by atoms with Crippen molar-refractivity contribution >= 4 is 0 Å². The minimum atomic E-state index is -0.219. The molecule has 1 unspecified atom stereocenters. The van der Waals surface area contributed by atoms with Gasteiger partial charge >= 0.3 is 0 Å². The van der Waals surface area contributed by atoms with Crippen LogP contribution in [0, 0.1) is 17.2 Å². The second-order valence-electron chi connectivity index (χ2n) is 3.12. The number of rotatable bonds is 2. The molecule has 1 rings (SSSR count). The van der Waals surface area contributed by atoms with Crippen LogP contribution in [0.1, 0.15) is 32.1 Å². The molecule has 1 saturated carbocycles. The number of hydrogen-bond acceptors (Lipinski definition) is 2. The van der Waals surface area contributed by atoms with E-state index in [1.54, 1.807) is 0 Å². The molecule has 10 heavy (non-hydrogen) atoms. The van der Waals surface area contributed by atoms with E-state index in [9.17, 15) is 0 Å². The van der Waals surface area contributed by atoms with E-state index in [4.69, 9.17) is 11.0 Å². The Morgan fingerprint density at radius 2 is 2.10 bits per heavy atom. The molecular formula is C8H14N2. The van der Waals surface area contributed by atoms with Gasteiger partial charge in [0.25, 0.3) is 0 Å². The van der Waals surface area contributed by atoms with Gasteiger partial charge in [0.05, 0.1) is 12.1 Å². The molecule has 0 aromatic heterocycles. The smallest absolute Gasteiger partial charge is 0.0930 e. The van der Waals surface area contributed by atoms with Crippen LogP contribution in [0.2, 0.25) is 0 Å². The standard InChI is InChI=1S/C8H14N2/c9-6-8(10)5-7-3-1-2-4-7/h7-8H,1-5,10H2. The lowest BCUT2D eigenvalue weighted by atomic mass is 10.00. The van der Waals surface area contributed by atoms with Crippen molar-refractivity contribution in [2.75, 3.05) is 0 Å². The van der Waals surface area contributed by atoms with Crippen molar-refractivity contribution in [3.05, 3.63) is 0 Å². The Kier molecular flexibility index (Phi) is 2.70. The van der Waals surface area contributed by atoms with Crippen molar-refractivity contribution in [3.63, 3.8) is 0 Å². The first kappa shape index (κ1) is 7.56. The Hall–Kier alpha value is -0.550. The first-order valence-electron chi connectivity index (χ1n) is 3.98. The SMILES string of the molecule is N#CC(N)CC1CCCC1. The van der Waals surface area contributed by atoms with Crippen LogP contribution >= 0.6 is 0 Å². The van der Waals surface area contributed by atoms with Gasteiger partial charge in [-0.3, -0.25) is 0 Å². The van der Waals surface area contributed by atoms with Gasteiger partial charge < -0.3 is 5.73 Å². The molecule has 0 aromatic rings. The Morgan fingerprint density at radius 3 is 2.60 bits per heavy atom. The van der Waals surface area contributed by atoms with Gasteiger partial charge in [-0.2, -0.15) is 5.26 Å². The molecule has 0 heterocycles. The van der Waals surface area contributed by atoms with Crippen LogP contribution in [0.3, 0.4) is 0 Å². The van der Waals surface area contributed by atoms with Crippen molar-refractivity contribution in [1.29, 1.82) is 5.26 Å². The van der Waals surface area contributed by atoms with Crippen LogP contribution < -0.4 is 5.73 Å². The first-order chi connectivity index (χ1) is 4.83. The normalized spacial score (nSPS) is 22.4. The quantitative estimate of drug-likeness (QED) is 0.627. The molecule has 1 fully saturated rings. The van der Waals surface area contributed by atoms with Crippen LogP contribution in [0.15, 0.2) is 0 Å². The minimum absolute atomic E-state index is 0.219. The van der Waals surface area contributed by atoms with E-state index in [-0.39, 0.29) is 6.04 Å². The topological polar surface area (TPSA) is 49.8 Å². The second kappa shape index (κ2) is 3.58. The van der Waals surface area contributed by atoms with E-state index >= 15 is 0 Å². The van der Waals surface area contributed by atoms with E-state index in [0.29, 0.717) is 0 Å². The average Bonchev–Trinajstić information content (AvgIpc) is 2.40. The summed E-state index contributed by atoms with van der Waals surface area (Å²) in [4.78, 5) is 0. The minimum Gasteiger partial charge on any atom is -0.316 e. The molecule has 1 aliphatic carbocycles. The first-order valence-corrected chi connectivity index (χ1v) is 3.98. The molecule has 0 radical (unpaired) electrons. The van der Waals surface area contributed by atoms with Crippen LogP contribution in [-0.2, 0) is 0 Å². The Morgan fingerprint density at radius 1 is 1.50 bits per heavy atom. The zero-order valence-corrected chi connectivity index (χ0v) is 6.21. The van der Waals surface area contributed by atoms with Crippen molar-refractivity contribution in [1.82, 2.24) is 0 Å². The Labute approximate surface area is 62.0 Å². The van der Waals surface area contributed by atoms with Gasteiger partial charge in [0, 0.05) is 0 Å². The third-order valence-corrected chi connectivity index (χ3v) is 2.23. The van der Waals surface area contributed by atoms with Crippen LogP contribution in [0.4, 0.5) is 0 Å². The summed E-state index contributed by atoms with van der Waals surface area (Å²) in [6, 6.07) is 1.85. The summed E-state index contributed by atoms with van der Waals surface area (Å²) < 4.78 is 0. The number of nitrogens with zero attached hydrogens (tertiary/aromatic N) is 1. The van der Waals surface area contributed by atoms with E-state index in [1.165, 1.54) is 25.7 Å². The van der Waals surface area contributed by atoms with Crippen molar-refractivity contribution in [2.24, 2.45) is 11.7 Å². The molecule has 0 spiro atoms. The summed E-state index contributed by atoms with van der Waals surface area (Å²) in [6.45, 7) is 0. The van der Waals surface area contributed by atoms with Gasteiger partial charge in [-0.25, -0.2) is 0 Å². The summed E-state index contributed by atoms with van der Waals surface area (Å²) in [7, 11) is 0. The molecule has 0 aromatic carbocycles. The Balaban J connectivity index is 2.19. The number of nitrogens with two attached hydrogens (primary N) is 1. The lowest BCUT2D eigenvalue weighted by Crippen LogP contribution is -2.20. The molecule has 2 nitrogen and oxygen atoms in total. The highest BCUT2D eigenvalue weighted by atomic mass is 14.6. The fourth-order valence-electron chi connectivity index (χ4n) is 1.66. The van der Waals surface area contributed by atoms with Gasteiger partial charge in [-0.05, 0) is 12.3 Å². The molecule has 0 aliphatic heterocycles. The lowest BCUT2D eigenvalue weighted by Gasteiger charge is -2.08. The van der Waals surface area contributed by atoms with Crippen molar-refractivity contribution < 1.29 is 0 Å². The summed E-state index contributed by atoms with van der Waals surface area (Å²) in [5, 5.41) is 8.42. The maximum Gasteiger partial charge on any atom is 0.0930 e. The van der Waals surface area contributed by atoms with E-state index in [2.05, 4.69) is 6.07 Å². The highest BCUT2D eigenvalue weighted by Crippen LogP contribution is 2.27. The van der Waals surface area contributed by atoms with Gasteiger partial charge in [-0.1, -0.05) is 25.7 Å². The molecule has 2 heteroatoms. The molecule has 1 aliphatic rings. The maximum absolute atomic E-state index is 8.42. The predicted molar refractivity (Wildman–Crippen MR) is 40.2 cm³/mol. The van der Waals surface area contributed by atoms with Gasteiger partial charge in [0.1, 0.15) is 0 Å². The maximum atomic E-state index is 8.42. The second-order valence-corrected chi connectivity index (χ2v) is 3.12. The highest BCUT2D eigenvalue weighted by molar-refractivity contribution is 4.88. The molecule has 56 valence electrons. The zero-order valence-electron chi connectivity index (χ0n) is 6.21. The molecule has 1 atom stereocenters. The summed E-state index contributed by atoms with van der Waals surface area (Å²) >= 11 is 0. The molecule has 0 saturated heterocycles. The van der Waals surface area contributed by atoms with Gasteiger partial charge in [0.2, 0.25) is 0 Å². The largest absolute Gasteiger partial charge is 0.316 e. The van der Waals surface area contributed by atoms with Crippen molar-refractivity contribution in [2.45, 2.75) is 38.1 Å². The summed E-state index contributed by atoms with van der Waals surface area (Å²) in [6.07, 6.45) is 6.16. The molecule has 0 amide bonds. The van der Waals surface area contributed by atoms with Crippen molar-refractivity contribution in [3.8, 4) is 6.07 Å². The Bertz CT molecular complexity index is 131. The van der Waals surface area contributed by atoms with Gasteiger partial charge in [0.15, 0.2) is 0 Å². The van der Waals surface area contributed by atoms with Gasteiger partial charge in [-0.15, -0.1) is 0 Å². The molecule has 2 N–H and O–H groups in total. The summed E-state index contributed by atoms with van der Waals surface area (Å²) in [5.74, 6) is 0.745. The molecule has 0 bridgehead atoms.